The first kappa shape index (κ1) is 19.5. The lowest BCUT2D eigenvalue weighted by Crippen LogP contribution is -2.51. The number of aryl methyl sites for hydroxylation is 1. The minimum atomic E-state index is -0.0176. The zero-order valence-corrected chi connectivity index (χ0v) is 17.5. The van der Waals surface area contributed by atoms with Gasteiger partial charge in [0.25, 0.3) is 5.91 Å². The molecule has 2 fully saturated rings. The molecule has 1 saturated carbocycles. The fourth-order valence-corrected chi connectivity index (χ4v) is 3.81. The second-order valence-corrected chi connectivity index (χ2v) is 8.25. The van der Waals surface area contributed by atoms with E-state index in [1.807, 2.05) is 53.1 Å². The van der Waals surface area contributed by atoms with Crippen molar-refractivity contribution in [3.05, 3.63) is 59.7 Å². The maximum atomic E-state index is 12.9. The summed E-state index contributed by atoms with van der Waals surface area (Å²) < 4.78 is 5.82. The van der Waals surface area contributed by atoms with Gasteiger partial charge < -0.3 is 14.2 Å². The second kappa shape index (κ2) is 7.98. The van der Waals surface area contributed by atoms with Crippen LogP contribution in [0, 0.1) is 12.8 Å². The number of carbonyl (C=O) groups is 2. The molecule has 0 atom stereocenters. The normalized spacial score (nSPS) is 16.4. The van der Waals surface area contributed by atoms with Crippen LogP contribution in [0.1, 0.15) is 28.8 Å². The highest BCUT2D eigenvalue weighted by Gasteiger charge is 2.35. The lowest BCUT2D eigenvalue weighted by atomic mass is 10.1. The average Bonchev–Trinajstić information content (AvgIpc) is 3.55. The molecule has 1 aromatic heterocycles. The molecule has 3 aromatic rings. The summed E-state index contributed by atoms with van der Waals surface area (Å²) in [6.07, 6.45) is 2.02. The maximum Gasteiger partial charge on any atom is 0.253 e. The van der Waals surface area contributed by atoms with Crippen molar-refractivity contribution in [3.8, 4) is 22.9 Å². The lowest BCUT2D eigenvalue weighted by molar-refractivity contribution is -0.134. The van der Waals surface area contributed by atoms with E-state index in [2.05, 4.69) is 10.2 Å². The lowest BCUT2D eigenvalue weighted by Gasteiger charge is -2.35. The van der Waals surface area contributed by atoms with Crippen molar-refractivity contribution in [1.29, 1.82) is 0 Å². The molecule has 2 heterocycles. The number of benzene rings is 2. The zero-order chi connectivity index (χ0) is 21.4. The number of rotatable bonds is 4. The summed E-state index contributed by atoms with van der Waals surface area (Å²) in [6, 6.07) is 15.1. The standard InChI is InChI=1S/C24H24N4O3/c1-16-2-4-17(5-3-16)21-25-26-22(31-21)18-6-8-19(9-7-18)23(29)27-12-14-28(15-13-27)24(30)20-10-11-20/h2-9,20H,10-15H2,1H3. The van der Waals surface area contributed by atoms with E-state index in [4.69, 9.17) is 4.42 Å². The Kier molecular flexibility index (Phi) is 5.02. The van der Waals surface area contributed by atoms with E-state index in [9.17, 15) is 9.59 Å². The van der Waals surface area contributed by atoms with Crippen LogP contribution in [0.5, 0.6) is 0 Å². The SMILES string of the molecule is Cc1ccc(-c2nnc(-c3ccc(C(=O)N4CCN(C(=O)C5CC5)CC4)cc3)o2)cc1. The van der Waals surface area contributed by atoms with Crippen molar-refractivity contribution in [2.24, 2.45) is 5.92 Å². The molecule has 2 amide bonds. The fourth-order valence-electron chi connectivity index (χ4n) is 3.81. The monoisotopic (exact) mass is 416 g/mol. The Morgan fingerprint density at radius 1 is 0.806 bits per heavy atom. The van der Waals surface area contributed by atoms with Gasteiger partial charge in [0.1, 0.15) is 0 Å². The smallest absolute Gasteiger partial charge is 0.253 e. The Morgan fingerprint density at radius 2 is 1.32 bits per heavy atom. The number of amides is 2. The molecule has 1 aliphatic heterocycles. The van der Waals surface area contributed by atoms with Gasteiger partial charge in [0.2, 0.25) is 17.7 Å². The van der Waals surface area contributed by atoms with Crippen molar-refractivity contribution in [1.82, 2.24) is 20.0 Å². The van der Waals surface area contributed by atoms with Gasteiger partial charge in [0.15, 0.2) is 0 Å². The molecule has 7 heteroatoms. The molecule has 0 N–H and O–H groups in total. The maximum absolute atomic E-state index is 12.9. The van der Waals surface area contributed by atoms with Gasteiger partial charge in [-0.3, -0.25) is 9.59 Å². The Morgan fingerprint density at radius 3 is 1.87 bits per heavy atom. The first-order chi connectivity index (χ1) is 15.1. The molecular formula is C24H24N4O3. The summed E-state index contributed by atoms with van der Waals surface area (Å²) >= 11 is 0. The van der Waals surface area contributed by atoms with Crippen molar-refractivity contribution in [3.63, 3.8) is 0 Å². The largest absolute Gasteiger partial charge is 0.416 e. The van der Waals surface area contributed by atoms with Crippen LogP contribution >= 0.6 is 0 Å². The van der Waals surface area contributed by atoms with Gasteiger partial charge in [0.05, 0.1) is 0 Å². The van der Waals surface area contributed by atoms with Crippen LogP contribution in [0.25, 0.3) is 22.9 Å². The molecule has 0 bridgehead atoms. The first-order valence-corrected chi connectivity index (χ1v) is 10.7. The number of piperazine rings is 1. The van der Waals surface area contributed by atoms with Crippen LogP contribution in [0.2, 0.25) is 0 Å². The van der Waals surface area contributed by atoms with Gasteiger partial charge in [-0.15, -0.1) is 10.2 Å². The van der Waals surface area contributed by atoms with Gasteiger partial charge in [-0.25, -0.2) is 0 Å². The van der Waals surface area contributed by atoms with E-state index in [1.165, 1.54) is 5.56 Å². The van der Waals surface area contributed by atoms with Crippen molar-refractivity contribution < 1.29 is 14.0 Å². The van der Waals surface area contributed by atoms with Gasteiger partial charge in [0, 0.05) is 48.8 Å². The molecule has 1 saturated heterocycles. The molecule has 5 rings (SSSR count). The highest BCUT2D eigenvalue weighted by molar-refractivity contribution is 5.95. The van der Waals surface area contributed by atoms with Crippen LogP contribution < -0.4 is 0 Å². The third-order valence-corrected chi connectivity index (χ3v) is 5.91. The Balaban J connectivity index is 1.23. The van der Waals surface area contributed by atoms with Gasteiger partial charge >= 0.3 is 0 Å². The third kappa shape index (κ3) is 4.08. The molecule has 0 spiro atoms. The number of hydrogen-bond donors (Lipinski definition) is 0. The van der Waals surface area contributed by atoms with E-state index < -0.39 is 0 Å². The predicted molar refractivity (Wildman–Crippen MR) is 115 cm³/mol. The Labute approximate surface area is 180 Å². The third-order valence-electron chi connectivity index (χ3n) is 5.91. The highest BCUT2D eigenvalue weighted by atomic mass is 16.4. The number of nitrogens with zero attached hydrogens (tertiary/aromatic N) is 4. The Hall–Kier alpha value is -3.48. The van der Waals surface area contributed by atoms with Crippen LogP contribution in [0.15, 0.2) is 52.9 Å². The van der Waals surface area contributed by atoms with Gasteiger partial charge in [-0.2, -0.15) is 0 Å². The highest BCUT2D eigenvalue weighted by Crippen LogP contribution is 2.31. The topological polar surface area (TPSA) is 79.5 Å². The minimum Gasteiger partial charge on any atom is -0.416 e. The number of hydrogen-bond acceptors (Lipinski definition) is 5. The fraction of sp³-hybridized carbons (Fsp3) is 0.333. The summed E-state index contributed by atoms with van der Waals surface area (Å²) in [5.41, 5.74) is 3.42. The van der Waals surface area contributed by atoms with Crippen LogP contribution in [0.4, 0.5) is 0 Å². The molecule has 0 radical (unpaired) electrons. The van der Waals surface area contributed by atoms with E-state index in [0.717, 1.165) is 24.0 Å². The van der Waals surface area contributed by atoms with E-state index in [0.29, 0.717) is 43.5 Å². The van der Waals surface area contributed by atoms with E-state index >= 15 is 0 Å². The molecule has 2 aliphatic rings. The molecular weight excluding hydrogens is 392 g/mol. The number of carbonyl (C=O) groups excluding carboxylic acids is 2. The summed E-state index contributed by atoms with van der Waals surface area (Å²) in [4.78, 5) is 28.8. The summed E-state index contributed by atoms with van der Waals surface area (Å²) in [5.74, 6) is 1.35. The Bertz CT molecular complexity index is 1090. The molecule has 31 heavy (non-hydrogen) atoms. The van der Waals surface area contributed by atoms with Gasteiger partial charge in [-0.1, -0.05) is 17.7 Å². The molecule has 158 valence electrons. The van der Waals surface area contributed by atoms with E-state index in [1.54, 1.807) is 12.1 Å². The van der Waals surface area contributed by atoms with Crippen LogP contribution in [-0.2, 0) is 4.79 Å². The minimum absolute atomic E-state index is 0.0176. The molecule has 2 aromatic carbocycles. The van der Waals surface area contributed by atoms with Crippen LogP contribution in [-0.4, -0.2) is 58.0 Å². The molecule has 7 nitrogen and oxygen atoms in total. The summed E-state index contributed by atoms with van der Waals surface area (Å²) in [6.45, 7) is 4.40. The van der Waals surface area contributed by atoms with Gasteiger partial charge in [-0.05, 0) is 56.2 Å². The van der Waals surface area contributed by atoms with Crippen molar-refractivity contribution >= 4 is 11.8 Å². The summed E-state index contributed by atoms with van der Waals surface area (Å²) in [5, 5.41) is 8.28. The second-order valence-electron chi connectivity index (χ2n) is 8.25. The number of aromatic nitrogens is 2. The zero-order valence-electron chi connectivity index (χ0n) is 17.5. The quantitative estimate of drug-likeness (QED) is 0.651. The average molecular weight is 416 g/mol. The van der Waals surface area contributed by atoms with Crippen molar-refractivity contribution in [2.45, 2.75) is 19.8 Å². The molecule has 0 unspecified atom stereocenters. The first-order valence-electron chi connectivity index (χ1n) is 10.7. The van der Waals surface area contributed by atoms with Crippen LogP contribution in [0.3, 0.4) is 0 Å². The van der Waals surface area contributed by atoms with Crippen molar-refractivity contribution in [2.75, 3.05) is 26.2 Å². The summed E-state index contributed by atoms with van der Waals surface area (Å²) in [7, 11) is 0. The van der Waals surface area contributed by atoms with E-state index in [-0.39, 0.29) is 17.7 Å². The molecule has 1 aliphatic carbocycles. The predicted octanol–water partition coefficient (Wildman–Crippen LogP) is 3.41.